The molecule has 0 aliphatic rings. The van der Waals surface area contributed by atoms with Crippen LogP contribution in [0.2, 0.25) is 0 Å². The number of halogens is 3. The van der Waals surface area contributed by atoms with Crippen LogP contribution in [-0.4, -0.2) is 12.0 Å². The van der Waals surface area contributed by atoms with Crippen LogP contribution in [0.25, 0.3) is 0 Å². The topological polar surface area (TPSA) is 17.1 Å². The second-order valence-electron chi connectivity index (χ2n) is 2.63. The van der Waals surface area contributed by atoms with Crippen LogP contribution in [0.3, 0.4) is 0 Å². The summed E-state index contributed by atoms with van der Waals surface area (Å²) < 4.78 is 35.3. The second kappa shape index (κ2) is 3.49. The lowest BCUT2D eigenvalue weighted by Crippen LogP contribution is -2.13. The van der Waals surface area contributed by atoms with Crippen molar-refractivity contribution in [2.24, 2.45) is 0 Å². The number of aryl methyl sites for hydroxylation is 1. The van der Waals surface area contributed by atoms with Crippen LogP contribution in [0.15, 0.2) is 12.1 Å². The van der Waals surface area contributed by atoms with Crippen molar-refractivity contribution in [1.29, 1.82) is 0 Å². The van der Waals surface area contributed by atoms with Gasteiger partial charge in [-0.25, -0.2) is 0 Å². The number of carbonyl (C=O) groups is 1. The molecule has 0 amide bonds. The SMILES string of the molecule is Cc1ccc(C(=O)CC(F)(F)F)s1. The molecule has 0 atom stereocenters. The molecule has 5 heteroatoms. The zero-order valence-corrected chi connectivity index (χ0v) is 7.63. The quantitative estimate of drug-likeness (QED) is 0.682. The van der Waals surface area contributed by atoms with Gasteiger partial charge in [0.25, 0.3) is 0 Å². The zero-order chi connectivity index (χ0) is 10.1. The Bertz CT molecular complexity index is 313. The summed E-state index contributed by atoms with van der Waals surface area (Å²) in [6.45, 7) is 1.75. The Morgan fingerprint density at radius 2 is 2.08 bits per heavy atom. The van der Waals surface area contributed by atoms with Gasteiger partial charge in [-0.1, -0.05) is 0 Å². The molecule has 0 aliphatic heterocycles. The summed E-state index contributed by atoms with van der Waals surface area (Å²) in [6, 6.07) is 3.06. The average molecular weight is 208 g/mol. The molecular weight excluding hydrogens is 201 g/mol. The normalized spacial score (nSPS) is 11.7. The van der Waals surface area contributed by atoms with Crippen molar-refractivity contribution in [3.63, 3.8) is 0 Å². The third kappa shape index (κ3) is 3.18. The summed E-state index contributed by atoms with van der Waals surface area (Å²) in [5.74, 6) is -0.856. The zero-order valence-electron chi connectivity index (χ0n) is 6.81. The fourth-order valence-corrected chi connectivity index (χ4v) is 1.66. The third-order valence-electron chi connectivity index (χ3n) is 1.38. The molecule has 1 rings (SSSR count). The molecule has 0 fully saturated rings. The van der Waals surface area contributed by atoms with E-state index < -0.39 is 18.4 Å². The number of rotatable bonds is 2. The van der Waals surface area contributed by atoms with Crippen LogP contribution in [0.5, 0.6) is 0 Å². The molecule has 0 radical (unpaired) electrons. The van der Waals surface area contributed by atoms with E-state index in [-0.39, 0.29) is 4.88 Å². The van der Waals surface area contributed by atoms with Gasteiger partial charge in [-0.05, 0) is 19.1 Å². The van der Waals surface area contributed by atoms with Crippen molar-refractivity contribution in [2.75, 3.05) is 0 Å². The first-order valence-electron chi connectivity index (χ1n) is 3.55. The number of hydrogen-bond donors (Lipinski definition) is 0. The van der Waals surface area contributed by atoms with Gasteiger partial charge in [0.15, 0.2) is 5.78 Å². The van der Waals surface area contributed by atoms with Gasteiger partial charge < -0.3 is 0 Å². The van der Waals surface area contributed by atoms with Crippen molar-refractivity contribution < 1.29 is 18.0 Å². The first-order valence-corrected chi connectivity index (χ1v) is 4.36. The molecule has 72 valence electrons. The van der Waals surface area contributed by atoms with Gasteiger partial charge in [0.05, 0.1) is 4.88 Å². The minimum Gasteiger partial charge on any atom is -0.293 e. The van der Waals surface area contributed by atoms with Crippen LogP contribution in [0.4, 0.5) is 13.2 Å². The van der Waals surface area contributed by atoms with Crippen LogP contribution >= 0.6 is 11.3 Å². The van der Waals surface area contributed by atoms with E-state index in [2.05, 4.69) is 0 Å². The van der Waals surface area contributed by atoms with E-state index in [1.54, 1.807) is 13.0 Å². The van der Waals surface area contributed by atoms with Crippen LogP contribution in [-0.2, 0) is 0 Å². The third-order valence-corrected chi connectivity index (χ3v) is 2.42. The molecule has 1 nitrogen and oxygen atoms in total. The van der Waals surface area contributed by atoms with Gasteiger partial charge in [-0.15, -0.1) is 11.3 Å². The summed E-state index contributed by atoms with van der Waals surface area (Å²) in [4.78, 5) is 12.0. The maximum Gasteiger partial charge on any atom is 0.396 e. The van der Waals surface area contributed by atoms with E-state index in [9.17, 15) is 18.0 Å². The van der Waals surface area contributed by atoms with Crippen molar-refractivity contribution in [1.82, 2.24) is 0 Å². The molecule has 0 spiro atoms. The number of ketones is 1. The molecule has 0 N–H and O–H groups in total. The summed E-state index contributed by atoms with van der Waals surface area (Å²) in [5, 5.41) is 0. The van der Waals surface area contributed by atoms with Gasteiger partial charge in [0.2, 0.25) is 0 Å². The van der Waals surface area contributed by atoms with Gasteiger partial charge >= 0.3 is 6.18 Å². The lowest BCUT2D eigenvalue weighted by Gasteiger charge is -2.02. The minimum absolute atomic E-state index is 0.176. The number of Topliss-reactive ketones (excluding diaryl/α,β-unsaturated/α-hetero) is 1. The highest BCUT2D eigenvalue weighted by Crippen LogP contribution is 2.24. The molecule has 1 aromatic rings. The van der Waals surface area contributed by atoms with Gasteiger partial charge in [0.1, 0.15) is 6.42 Å². The van der Waals surface area contributed by atoms with Gasteiger partial charge in [0, 0.05) is 4.88 Å². The molecule has 13 heavy (non-hydrogen) atoms. The maximum atomic E-state index is 11.8. The van der Waals surface area contributed by atoms with Crippen molar-refractivity contribution in [2.45, 2.75) is 19.5 Å². The summed E-state index contributed by atoms with van der Waals surface area (Å²) >= 11 is 1.09. The van der Waals surface area contributed by atoms with Crippen LogP contribution in [0, 0.1) is 6.92 Å². The highest BCUT2D eigenvalue weighted by Gasteiger charge is 2.31. The first kappa shape index (κ1) is 10.2. The Morgan fingerprint density at radius 3 is 2.46 bits per heavy atom. The molecule has 1 aromatic heterocycles. The molecule has 1 heterocycles. The number of alkyl halides is 3. The van der Waals surface area contributed by atoms with Crippen molar-refractivity contribution >= 4 is 17.1 Å². The molecule has 0 aliphatic carbocycles. The molecule has 0 aromatic carbocycles. The lowest BCUT2D eigenvalue weighted by molar-refractivity contribution is -0.125. The Morgan fingerprint density at radius 1 is 1.46 bits per heavy atom. The van der Waals surface area contributed by atoms with E-state index >= 15 is 0 Å². The molecule has 0 bridgehead atoms. The molecule has 0 unspecified atom stereocenters. The first-order chi connectivity index (χ1) is 5.88. The Balaban J connectivity index is 2.70. The van der Waals surface area contributed by atoms with Crippen molar-refractivity contribution in [3.8, 4) is 0 Å². The lowest BCUT2D eigenvalue weighted by atomic mass is 10.2. The minimum atomic E-state index is -4.41. The number of thiophene rings is 1. The Hall–Kier alpha value is -0.840. The molecular formula is C8H7F3OS. The van der Waals surface area contributed by atoms with Crippen LogP contribution in [0.1, 0.15) is 21.0 Å². The average Bonchev–Trinajstić information content (AvgIpc) is 2.31. The van der Waals surface area contributed by atoms with E-state index in [1.807, 2.05) is 0 Å². The fraction of sp³-hybridized carbons (Fsp3) is 0.375. The number of carbonyl (C=O) groups excluding carboxylic acids is 1. The van der Waals surface area contributed by atoms with Gasteiger partial charge in [-0.2, -0.15) is 13.2 Å². The summed E-state index contributed by atoms with van der Waals surface area (Å²) in [7, 11) is 0. The van der Waals surface area contributed by atoms with Gasteiger partial charge in [-0.3, -0.25) is 4.79 Å². The molecule has 0 saturated carbocycles. The summed E-state index contributed by atoms with van der Waals surface area (Å²) in [6.07, 6.45) is -5.78. The standard InChI is InChI=1S/C8H7F3OS/c1-5-2-3-7(13-5)6(12)4-8(9,10)11/h2-3H,4H2,1H3. The summed E-state index contributed by atoms with van der Waals surface area (Å²) in [5.41, 5.74) is 0. The van der Waals surface area contributed by atoms with E-state index in [0.717, 1.165) is 16.2 Å². The Kier molecular flexibility index (Phi) is 2.75. The smallest absolute Gasteiger partial charge is 0.293 e. The fourth-order valence-electron chi connectivity index (χ4n) is 0.854. The maximum absolute atomic E-state index is 11.8. The monoisotopic (exact) mass is 208 g/mol. The predicted molar refractivity (Wildman–Crippen MR) is 44.1 cm³/mol. The highest BCUT2D eigenvalue weighted by molar-refractivity contribution is 7.14. The Labute approximate surface area is 77.2 Å². The molecule has 0 saturated heterocycles. The largest absolute Gasteiger partial charge is 0.396 e. The van der Waals surface area contributed by atoms with Crippen molar-refractivity contribution in [3.05, 3.63) is 21.9 Å². The second-order valence-corrected chi connectivity index (χ2v) is 3.91. The van der Waals surface area contributed by atoms with E-state index in [4.69, 9.17) is 0 Å². The van der Waals surface area contributed by atoms with E-state index in [0.29, 0.717) is 0 Å². The van der Waals surface area contributed by atoms with Crippen LogP contribution < -0.4 is 0 Å². The number of hydrogen-bond acceptors (Lipinski definition) is 2. The van der Waals surface area contributed by atoms with E-state index in [1.165, 1.54) is 6.07 Å². The highest BCUT2D eigenvalue weighted by atomic mass is 32.1. The predicted octanol–water partition coefficient (Wildman–Crippen LogP) is 3.19.